The number of hydrogen-bond acceptors (Lipinski definition) is 5. The molecule has 0 radical (unpaired) electrons. The molecule has 2 N–H and O–H groups in total. The van der Waals surface area contributed by atoms with Gasteiger partial charge < -0.3 is 15.5 Å². The molecule has 1 heterocycles. The molecule has 0 aliphatic carbocycles. The highest BCUT2D eigenvalue weighted by atomic mass is 19.1. The number of anilines is 2. The smallest absolute Gasteiger partial charge is 0.257 e. The fraction of sp³-hybridized carbons (Fsp3) is 0.167. The second kappa shape index (κ2) is 10.9. The van der Waals surface area contributed by atoms with Crippen LogP contribution in [0.2, 0.25) is 0 Å². The molecule has 0 fully saturated rings. The molecule has 0 aliphatic rings. The number of benzene rings is 2. The number of carbonyl (C=O) groups is 2. The van der Waals surface area contributed by atoms with E-state index in [1.54, 1.807) is 30.6 Å². The minimum absolute atomic E-state index is 0.126. The van der Waals surface area contributed by atoms with Crippen LogP contribution in [0.4, 0.5) is 20.4 Å². The normalized spacial score (nSPS) is 11.8. The van der Waals surface area contributed by atoms with Gasteiger partial charge in [0, 0.05) is 32.2 Å². The largest absolute Gasteiger partial charge is 0.357 e. The van der Waals surface area contributed by atoms with Crippen molar-refractivity contribution in [3.05, 3.63) is 89.8 Å². The van der Waals surface area contributed by atoms with Crippen LogP contribution >= 0.6 is 0 Å². The van der Waals surface area contributed by atoms with Gasteiger partial charge in [0.2, 0.25) is 11.9 Å². The SMILES string of the molecule is CNC(=O)[C@H](C/C=C/c1ccc(N(C)c2ncccn2)cc1)NC(=O)c1c(F)cccc1F. The number of nitrogens with zero attached hydrogens (tertiary/aromatic N) is 3. The molecule has 7 nitrogen and oxygen atoms in total. The van der Waals surface area contributed by atoms with Gasteiger partial charge in [-0.05, 0) is 42.3 Å². The lowest BCUT2D eigenvalue weighted by molar-refractivity contribution is -0.122. The first kappa shape index (κ1) is 23.5. The zero-order valence-corrected chi connectivity index (χ0v) is 18.1. The number of hydrogen-bond donors (Lipinski definition) is 2. The molecule has 170 valence electrons. The lowest BCUT2D eigenvalue weighted by Crippen LogP contribution is -2.45. The average molecular weight is 451 g/mol. The van der Waals surface area contributed by atoms with Crippen molar-refractivity contribution < 1.29 is 18.4 Å². The molecule has 33 heavy (non-hydrogen) atoms. The van der Waals surface area contributed by atoms with Gasteiger partial charge in [-0.1, -0.05) is 30.4 Å². The molecule has 0 bridgehead atoms. The van der Waals surface area contributed by atoms with Gasteiger partial charge >= 0.3 is 0 Å². The average Bonchev–Trinajstić information content (AvgIpc) is 2.83. The van der Waals surface area contributed by atoms with Crippen molar-refractivity contribution in [2.24, 2.45) is 0 Å². The Kier molecular flexibility index (Phi) is 7.80. The van der Waals surface area contributed by atoms with Crippen molar-refractivity contribution in [1.29, 1.82) is 0 Å². The fourth-order valence-corrected chi connectivity index (χ4v) is 3.08. The summed E-state index contributed by atoms with van der Waals surface area (Å²) < 4.78 is 27.8. The predicted octanol–water partition coefficient (Wildman–Crippen LogP) is 3.47. The third-order valence-corrected chi connectivity index (χ3v) is 4.87. The highest BCUT2D eigenvalue weighted by Gasteiger charge is 2.23. The molecule has 9 heteroatoms. The molecule has 0 saturated carbocycles. The first-order valence-electron chi connectivity index (χ1n) is 10.1. The summed E-state index contributed by atoms with van der Waals surface area (Å²) in [5, 5.41) is 4.83. The zero-order chi connectivity index (χ0) is 23.8. The Labute approximate surface area is 190 Å². The minimum Gasteiger partial charge on any atom is -0.357 e. The monoisotopic (exact) mass is 451 g/mol. The topological polar surface area (TPSA) is 87.2 Å². The van der Waals surface area contributed by atoms with Crippen LogP contribution in [0.15, 0.2) is 67.0 Å². The second-order valence-electron chi connectivity index (χ2n) is 7.07. The summed E-state index contributed by atoms with van der Waals surface area (Å²) in [6, 6.07) is 11.4. The van der Waals surface area contributed by atoms with Crippen LogP contribution in [0.3, 0.4) is 0 Å². The van der Waals surface area contributed by atoms with Gasteiger partial charge in [0.15, 0.2) is 0 Å². The van der Waals surface area contributed by atoms with E-state index >= 15 is 0 Å². The first-order valence-corrected chi connectivity index (χ1v) is 10.1. The van der Waals surface area contributed by atoms with Crippen LogP contribution in [0.5, 0.6) is 0 Å². The van der Waals surface area contributed by atoms with Gasteiger partial charge in [-0.15, -0.1) is 0 Å². The number of amides is 2. The maximum absolute atomic E-state index is 13.9. The number of carbonyl (C=O) groups excluding carboxylic acids is 2. The third-order valence-electron chi connectivity index (χ3n) is 4.87. The highest BCUT2D eigenvalue weighted by Crippen LogP contribution is 2.20. The van der Waals surface area contributed by atoms with Gasteiger partial charge in [-0.3, -0.25) is 9.59 Å². The Morgan fingerprint density at radius 3 is 2.27 bits per heavy atom. The summed E-state index contributed by atoms with van der Waals surface area (Å²) in [5.41, 5.74) is 1.03. The molecule has 0 saturated heterocycles. The van der Waals surface area contributed by atoms with Crippen LogP contribution < -0.4 is 15.5 Å². The van der Waals surface area contributed by atoms with Gasteiger partial charge in [0.05, 0.1) is 0 Å². The van der Waals surface area contributed by atoms with Crippen LogP contribution in [0.25, 0.3) is 6.08 Å². The summed E-state index contributed by atoms with van der Waals surface area (Å²) >= 11 is 0. The zero-order valence-electron chi connectivity index (χ0n) is 18.1. The van der Waals surface area contributed by atoms with Crippen LogP contribution in [-0.4, -0.2) is 41.9 Å². The minimum atomic E-state index is -1.00. The molecule has 1 atom stereocenters. The lowest BCUT2D eigenvalue weighted by Gasteiger charge is -2.17. The van der Waals surface area contributed by atoms with E-state index < -0.39 is 35.1 Å². The Morgan fingerprint density at radius 1 is 1.03 bits per heavy atom. The number of likely N-dealkylation sites (N-methyl/N-ethyl adjacent to an activating group) is 1. The van der Waals surface area contributed by atoms with E-state index in [0.29, 0.717) is 5.95 Å². The highest BCUT2D eigenvalue weighted by molar-refractivity contribution is 5.98. The molecule has 3 rings (SSSR count). The van der Waals surface area contributed by atoms with E-state index in [0.717, 1.165) is 29.4 Å². The molecular weight excluding hydrogens is 428 g/mol. The Bertz CT molecular complexity index is 1120. The molecule has 1 aromatic heterocycles. The number of aromatic nitrogens is 2. The fourth-order valence-electron chi connectivity index (χ4n) is 3.08. The van der Waals surface area contributed by atoms with Crippen molar-refractivity contribution in [1.82, 2.24) is 20.6 Å². The number of halogens is 2. The van der Waals surface area contributed by atoms with E-state index in [1.807, 2.05) is 36.2 Å². The summed E-state index contributed by atoms with van der Waals surface area (Å²) in [4.78, 5) is 34.8. The third kappa shape index (κ3) is 5.97. The van der Waals surface area contributed by atoms with Crippen LogP contribution in [0.1, 0.15) is 22.3 Å². The number of rotatable bonds is 8. The Morgan fingerprint density at radius 2 is 1.67 bits per heavy atom. The van der Waals surface area contributed by atoms with E-state index in [4.69, 9.17) is 0 Å². The maximum Gasteiger partial charge on any atom is 0.257 e. The van der Waals surface area contributed by atoms with Crippen molar-refractivity contribution in [3.63, 3.8) is 0 Å². The summed E-state index contributed by atoms with van der Waals surface area (Å²) in [6.07, 6.45) is 6.95. The quantitative estimate of drug-likeness (QED) is 0.548. The van der Waals surface area contributed by atoms with Crippen LogP contribution in [0, 0.1) is 11.6 Å². The number of nitrogens with one attached hydrogen (secondary N) is 2. The van der Waals surface area contributed by atoms with Gasteiger partial charge in [0.25, 0.3) is 5.91 Å². The van der Waals surface area contributed by atoms with Gasteiger partial charge in [-0.25, -0.2) is 18.7 Å². The van der Waals surface area contributed by atoms with Gasteiger partial charge in [-0.2, -0.15) is 0 Å². The predicted molar refractivity (Wildman–Crippen MR) is 122 cm³/mol. The molecule has 0 unspecified atom stereocenters. The van der Waals surface area contributed by atoms with Crippen molar-refractivity contribution in [3.8, 4) is 0 Å². The van der Waals surface area contributed by atoms with E-state index in [-0.39, 0.29) is 6.42 Å². The summed E-state index contributed by atoms with van der Waals surface area (Å²) in [7, 11) is 3.27. The summed E-state index contributed by atoms with van der Waals surface area (Å²) in [6.45, 7) is 0. The molecular formula is C24H23F2N5O2. The van der Waals surface area contributed by atoms with E-state index in [9.17, 15) is 18.4 Å². The first-order chi connectivity index (χ1) is 15.9. The maximum atomic E-state index is 13.9. The van der Waals surface area contributed by atoms with Crippen molar-refractivity contribution in [2.75, 3.05) is 19.0 Å². The molecule has 0 aliphatic heterocycles. The van der Waals surface area contributed by atoms with E-state index in [2.05, 4.69) is 20.6 Å². The lowest BCUT2D eigenvalue weighted by atomic mass is 10.1. The molecule has 3 aromatic rings. The second-order valence-corrected chi connectivity index (χ2v) is 7.07. The van der Waals surface area contributed by atoms with Crippen molar-refractivity contribution in [2.45, 2.75) is 12.5 Å². The standard InChI is InChI=1S/C24H23F2N5O2/c1-27-22(32)20(30-23(33)21-18(25)7-4-8-19(21)26)9-3-6-16-10-12-17(13-11-16)31(2)24-28-14-5-15-29-24/h3-8,10-15,20H,9H2,1-2H3,(H,27,32)(H,30,33)/b6-3+/t20-/m0/s1. The summed E-state index contributed by atoms with van der Waals surface area (Å²) in [5.74, 6) is -2.90. The molecule has 2 aromatic carbocycles. The Hall–Kier alpha value is -4.14. The molecule has 2 amide bonds. The van der Waals surface area contributed by atoms with E-state index in [1.165, 1.54) is 7.05 Å². The molecule has 0 spiro atoms. The van der Waals surface area contributed by atoms with Crippen molar-refractivity contribution >= 4 is 29.5 Å². The van der Waals surface area contributed by atoms with Crippen LogP contribution in [-0.2, 0) is 4.79 Å². The van der Waals surface area contributed by atoms with Gasteiger partial charge in [0.1, 0.15) is 23.2 Å². The Balaban J connectivity index is 1.66.